The van der Waals surface area contributed by atoms with Gasteiger partial charge in [0, 0.05) is 0 Å². The molecule has 0 fully saturated rings. The first-order valence-electron chi connectivity index (χ1n) is 3.86. The van der Waals surface area contributed by atoms with E-state index in [4.69, 9.17) is 0 Å². The summed E-state index contributed by atoms with van der Waals surface area (Å²) in [6.45, 7) is 6.99. The molecule has 0 aromatic carbocycles. The number of quaternary nitrogens is 1. The lowest BCUT2D eigenvalue weighted by atomic mass is 10.3. The molecule has 0 aliphatic carbocycles. The molecule has 0 amide bonds. The van der Waals surface area contributed by atoms with E-state index in [9.17, 15) is 0 Å². The van der Waals surface area contributed by atoms with Crippen LogP contribution in [0.4, 0.5) is 0 Å². The van der Waals surface area contributed by atoms with Crippen molar-refractivity contribution in [2.45, 2.75) is 20.8 Å². The van der Waals surface area contributed by atoms with Crippen LogP contribution >= 0.6 is 0 Å². The molecular weight excluding hydrogens is 134 g/mol. The van der Waals surface area contributed by atoms with Crippen LogP contribution in [0.1, 0.15) is 20.8 Å². The van der Waals surface area contributed by atoms with Crippen LogP contribution in [-0.4, -0.2) is 25.1 Å². The highest BCUT2D eigenvalue weighted by Gasteiger charge is 2.08. The fourth-order valence-corrected chi connectivity index (χ4v) is 1.03. The Labute approximate surface area is 70.3 Å². The molecule has 1 heteroatoms. The van der Waals surface area contributed by atoms with Crippen LogP contribution in [0.5, 0.6) is 0 Å². The lowest BCUT2D eigenvalue weighted by Gasteiger charge is -2.22. The Hall–Kier alpha value is -0.740. The largest absolute Gasteiger partial charge is 0.292 e. The van der Waals surface area contributed by atoms with Gasteiger partial charge in [0.15, 0.2) is 0 Å². The molecule has 0 heterocycles. The summed E-state index contributed by atoms with van der Waals surface area (Å²) in [4.78, 5) is 0. The first-order chi connectivity index (χ1) is 4.98. The van der Waals surface area contributed by atoms with Gasteiger partial charge in [-0.05, 0) is 32.3 Å². The fraction of sp³-hybridized carbons (Fsp3) is 0.600. The molecule has 0 N–H and O–H groups in total. The smallest absolute Gasteiger partial charge is 0.144 e. The first-order valence-corrected chi connectivity index (χ1v) is 3.86. The third kappa shape index (κ3) is 5.69. The highest BCUT2D eigenvalue weighted by Crippen LogP contribution is 2.01. The van der Waals surface area contributed by atoms with E-state index in [2.05, 4.69) is 46.0 Å². The van der Waals surface area contributed by atoms with Crippen molar-refractivity contribution < 1.29 is 4.48 Å². The van der Waals surface area contributed by atoms with E-state index >= 15 is 0 Å². The molecule has 0 radical (unpaired) electrons. The molecule has 0 bridgehead atoms. The van der Waals surface area contributed by atoms with E-state index in [0.29, 0.717) is 0 Å². The van der Waals surface area contributed by atoms with Crippen molar-refractivity contribution in [3.05, 3.63) is 11.8 Å². The van der Waals surface area contributed by atoms with Gasteiger partial charge < -0.3 is 0 Å². The third-order valence-corrected chi connectivity index (χ3v) is 1.27. The third-order valence-electron chi connectivity index (χ3n) is 1.27. The van der Waals surface area contributed by atoms with Crippen molar-refractivity contribution in [3.8, 4) is 11.8 Å². The number of hydrogen-bond donors (Lipinski definition) is 0. The van der Waals surface area contributed by atoms with E-state index in [1.807, 2.05) is 6.92 Å². The molecule has 0 aliphatic heterocycles. The highest BCUT2D eigenvalue weighted by atomic mass is 15.3. The van der Waals surface area contributed by atoms with Crippen molar-refractivity contribution in [2.24, 2.45) is 0 Å². The van der Waals surface area contributed by atoms with Crippen molar-refractivity contribution in [1.29, 1.82) is 0 Å². The predicted octanol–water partition coefficient (Wildman–Crippen LogP) is 2.01. The molecule has 0 saturated carbocycles. The Morgan fingerprint density at radius 1 is 1.36 bits per heavy atom. The summed E-state index contributed by atoms with van der Waals surface area (Å²) in [7, 11) is 4.30. The van der Waals surface area contributed by atoms with Crippen LogP contribution in [0.2, 0.25) is 0 Å². The van der Waals surface area contributed by atoms with Gasteiger partial charge in [0.25, 0.3) is 0 Å². The van der Waals surface area contributed by atoms with E-state index < -0.39 is 0 Å². The van der Waals surface area contributed by atoms with Crippen LogP contribution in [0.15, 0.2) is 11.8 Å². The van der Waals surface area contributed by atoms with Gasteiger partial charge in [-0.2, -0.15) is 0 Å². The first kappa shape index (κ1) is 10.3. The maximum Gasteiger partial charge on any atom is 0.144 e. The molecule has 62 valence electrons. The van der Waals surface area contributed by atoms with Gasteiger partial charge in [-0.25, -0.2) is 0 Å². The van der Waals surface area contributed by atoms with Gasteiger partial charge in [-0.1, -0.05) is 0 Å². The predicted molar refractivity (Wildman–Crippen MR) is 49.9 cm³/mol. The van der Waals surface area contributed by atoms with E-state index in [-0.39, 0.29) is 0 Å². The van der Waals surface area contributed by atoms with Gasteiger partial charge in [0.2, 0.25) is 0 Å². The molecule has 0 unspecified atom stereocenters. The zero-order chi connectivity index (χ0) is 8.91. The van der Waals surface area contributed by atoms with Crippen LogP contribution in [-0.2, 0) is 0 Å². The summed E-state index contributed by atoms with van der Waals surface area (Å²) in [6, 6.07) is 0. The topological polar surface area (TPSA) is 0 Å². The lowest BCUT2D eigenvalue weighted by molar-refractivity contribution is -0.831. The summed E-state index contributed by atoms with van der Waals surface area (Å²) in [5.74, 6) is 5.97. The van der Waals surface area contributed by atoms with Gasteiger partial charge in [0.1, 0.15) is 6.54 Å². The quantitative estimate of drug-likeness (QED) is 0.419. The molecule has 0 aliphatic rings. The molecule has 0 spiro atoms. The summed E-state index contributed by atoms with van der Waals surface area (Å²) in [6.07, 6.45) is 2.21. The average molecular weight is 152 g/mol. The zero-order valence-corrected chi connectivity index (χ0v) is 8.23. The van der Waals surface area contributed by atoms with Gasteiger partial charge in [0.05, 0.1) is 20.3 Å². The Morgan fingerprint density at radius 3 is 2.27 bits per heavy atom. The SMILES string of the molecule is CC#CC[N+](C)(C)C=C(C)C. The van der Waals surface area contributed by atoms with Crippen LogP contribution in [0.3, 0.4) is 0 Å². The maximum atomic E-state index is 3.07. The van der Waals surface area contributed by atoms with Crippen molar-refractivity contribution in [3.63, 3.8) is 0 Å². The van der Waals surface area contributed by atoms with Crippen molar-refractivity contribution in [2.75, 3.05) is 20.6 Å². The summed E-state index contributed by atoms with van der Waals surface area (Å²) in [5.41, 5.74) is 1.34. The van der Waals surface area contributed by atoms with E-state index in [1.54, 1.807) is 0 Å². The lowest BCUT2D eigenvalue weighted by Crippen LogP contribution is -2.33. The minimum atomic E-state index is 0.850. The molecule has 11 heavy (non-hydrogen) atoms. The molecule has 0 aromatic rings. The number of rotatable bonds is 2. The van der Waals surface area contributed by atoms with Crippen molar-refractivity contribution in [1.82, 2.24) is 0 Å². The molecule has 0 saturated heterocycles. The van der Waals surface area contributed by atoms with Crippen molar-refractivity contribution >= 4 is 0 Å². The summed E-state index contributed by atoms with van der Waals surface area (Å²) < 4.78 is 0.850. The molecule has 0 rings (SSSR count). The summed E-state index contributed by atoms with van der Waals surface area (Å²) in [5, 5.41) is 0. The molecule has 0 atom stereocenters. The molecule has 0 aromatic heterocycles. The fourth-order valence-electron chi connectivity index (χ4n) is 1.03. The van der Waals surface area contributed by atoms with Crippen LogP contribution in [0, 0.1) is 11.8 Å². The number of allylic oxidation sites excluding steroid dienone is 1. The maximum absolute atomic E-state index is 3.07. The van der Waals surface area contributed by atoms with Gasteiger partial charge >= 0.3 is 0 Å². The monoisotopic (exact) mass is 152 g/mol. The van der Waals surface area contributed by atoms with Crippen LogP contribution in [0.25, 0.3) is 0 Å². The van der Waals surface area contributed by atoms with Gasteiger partial charge in [-0.15, -0.1) is 5.92 Å². The highest BCUT2D eigenvalue weighted by molar-refractivity contribution is 4.96. The zero-order valence-electron chi connectivity index (χ0n) is 8.23. The second kappa shape index (κ2) is 4.20. The minimum Gasteiger partial charge on any atom is -0.292 e. The molecule has 1 nitrogen and oxygen atoms in total. The second-order valence-electron chi connectivity index (χ2n) is 3.57. The minimum absolute atomic E-state index is 0.850. The molecular formula is C10H18N+. The standard InChI is InChI=1S/C10H18N/c1-6-7-8-11(4,5)9-10(2)3/h9H,8H2,1-5H3/q+1. The Balaban J connectivity index is 4.18. The number of hydrogen-bond acceptors (Lipinski definition) is 0. The Morgan fingerprint density at radius 2 is 1.91 bits per heavy atom. The van der Waals surface area contributed by atoms with E-state index in [1.165, 1.54) is 5.57 Å². The Bertz CT molecular complexity index is 197. The summed E-state index contributed by atoms with van der Waals surface area (Å²) >= 11 is 0. The average Bonchev–Trinajstić information content (AvgIpc) is 1.81. The normalized spacial score (nSPS) is 9.91. The van der Waals surface area contributed by atoms with Crippen LogP contribution < -0.4 is 0 Å². The van der Waals surface area contributed by atoms with E-state index in [0.717, 1.165) is 11.0 Å². The van der Waals surface area contributed by atoms with Gasteiger partial charge in [-0.3, -0.25) is 4.48 Å². The Kier molecular flexibility index (Phi) is 3.92. The second-order valence-corrected chi connectivity index (χ2v) is 3.57. The number of nitrogens with zero attached hydrogens (tertiary/aromatic N) is 1.